The fraction of sp³-hybridized carbons (Fsp3) is 0.294. The van der Waals surface area contributed by atoms with E-state index in [1.54, 1.807) is 28.0 Å². The molecule has 0 N–H and O–H groups in total. The number of pyridine rings is 1. The molecule has 1 aliphatic rings. The summed E-state index contributed by atoms with van der Waals surface area (Å²) in [6.07, 6.45) is 1.49. The molecular weight excluding hydrogens is 342 g/mol. The van der Waals surface area contributed by atoms with Crippen LogP contribution in [0.3, 0.4) is 0 Å². The highest BCUT2D eigenvalue weighted by Gasteiger charge is 2.25. The Bertz CT molecular complexity index is 741. The second-order valence-corrected chi connectivity index (χ2v) is 6.39. The van der Waals surface area contributed by atoms with Crippen LogP contribution in [0, 0.1) is 0 Å². The first-order valence-corrected chi connectivity index (χ1v) is 8.72. The van der Waals surface area contributed by atoms with Crippen molar-refractivity contribution in [2.75, 3.05) is 32.8 Å². The molecule has 0 saturated carbocycles. The predicted molar refractivity (Wildman–Crippen MR) is 91.3 cm³/mol. The Kier molecular flexibility index (Phi) is 5.39. The van der Waals surface area contributed by atoms with E-state index in [1.807, 2.05) is 11.4 Å². The van der Waals surface area contributed by atoms with Crippen molar-refractivity contribution >= 4 is 29.1 Å². The third-order valence-electron chi connectivity index (χ3n) is 3.85. The molecule has 0 bridgehead atoms. The molecular formula is C17H17N3O4S. The minimum Gasteiger partial charge on any atom is -0.451 e. The smallest absolute Gasteiger partial charge is 0.357 e. The summed E-state index contributed by atoms with van der Waals surface area (Å²) in [7, 11) is 0. The molecule has 1 fully saturated rings. The van der Waals surface area contributed by atoms with Crippen LogP contribution in [0.1, 0.15) is 20.2 Å². The minimum atomic E-state index is -0.625. The molecule has 3 heterocycles. The van der Waals surface area contributed by atoms with Crippen LogP contribution in [0.2, 0.25) is 0 Å². The highest BCUT2D eigenvalue weighted by Crippen LogP contribution is 2.14. The van der Waals surface area contributed by atoms with Gasteiger partial charge >= 0.3 is 5.97 Å². The number of carbonyl (C=O) groups is 3. The van der Waals surface area contributed by atoms with E-state index in [0.717, 1.165) is 0 Å². The lowest BCUT2D eigenvalue weighted by Crippen LogP contribution is -2.51. The van der Waals surface area contributed by atoms with Crippen LogP contribution in [-0.2, 0) is 9.53 Å². The lowest BCUT2D eigenvalue weighted by atomic mass is 10.3. The van der Waals surface area contributed by atoms with E-state index in [2.05, 4.69) is 4.98 Å². The van der Waals surface area contributed by atoms with Crippen LogP contribution in [0.15, 0.2) is 41.9 Å². The van der Waals surface area contributed by atoms with Gasteiger partial charge in [-0.15, -0.1) is 11.3 Å². The van der Waals surface area contributed by atoms with Gasteiger partial charge in [0.2, 0.25) is 0 Å². The van der Waals surface area contributed by atoms with Crippen molar-refractivity contribution in [3.05, 3.63) is 52.5 Å². The molecule has 0 atom stereocenters. The summed E-state index contributed by atoms with van der Waals surface area (Å²) in [5.74, 6) is -0.906. The number of ether oxygens (including phenoxy) is 1. The summed E-state index contributed by atoms with van der Waals surface area (Å²) < 4.78 is 5.00. The highest BCUT2D eigenvalue weighted by atomic mass is 32.1. The molecule has 7 nitrogen and oxygen atoms in total. The Morgan fingerprint density at radius 3 is 2.44 bits per heavy atom. The summed E-state index contributed by atoms with van der Waals surface area (Å²) >= 11 is 1.41. The fourth-order valence-electron chi connectivity index (χ4n) is 2.49. The van der Waals surface area contributed by atoms with E-state index in [4.69, 9.17) is 4.74 Å². The summed E-state index contributed by atoms with van der Waals surface area (Å²) in [6.45, 7) is 1.47. The maximum Gasteiger partial charge on any atom is 0.357 e. The predicted octanol–water partition coefficient (Wildman–Crippen LogP) is 1.28. The van der Waals surface area contributed by atoms with E-state index < -0.39 is 5.97 Å². The molecule has 0 unspecified atom stereocenters. The van der Waals surface area contributed by atoms with Crippen molar-refractivity contribution in [3.63, 3.8) is 0 Å². The van der Waals surface area contributed by atoms with Gasteiger partial charge in [-0.3, -0.25) is 9.59 Å². The quantitative estimate of drug-likeness (QED) is 0.769. The van der Waals surface area contributed by atoms with E-state index >= 15 is 0 Å². The average Bonchev–Trinajstić information content (AvgIpc) is 3.21. The fourth-order valence-corrected chi connectivity index (χ4v) is 3.18. The maximum absolute atomic E-state index is 12.3. The van der Waals surface area contributed by atoms with E-state index in [0.29, 0.717) is 31.1 Å². The van der Waals surface area contributed by atoms with E-state index in [-0.39, 0.29) is 24.1 Å². The zero-order valence-electron chi connectivity index (χ0n) is 13.5. The number of piperazine rings is 1. The molecule has 0 aromatic carbocycles. The van der Waals surface area contributed by atoms with Crippen molar-refractivity contribution in [2.45, 2.75) is 0 Å². The van der Waals surface area contributed by atoms with Gasteiger partial charge in [-0.25, -0.2) is 9.78 Å². The first-order chi connectivity index (χ1) is 12.1. The number of thiophene rings is 1. The second kappa shape index (κ2) is 7.89. The Hall–Kier alpha value is -2.74. The zero-order chi connectivity index (χ0) is 17.6. The van der Waals surface area contributed by atoms with Gasteiger partial charge in [-0.1, -0.05) is 12.1 Å². The van der Waals surface area contributed by atoms with Gasteiger partial charge in [0.1, 0.15) is 5.69 Å². The number of aromatic nitrogens is 1. The lowest BCUT2D eigenvalue weighted by molar-refractivity contribution is -0.136. The molecule has 1 saturated heterocycles. The van der Waals surface area contributed by atoms with Crippen LogP contribution in [0.25, 0.3) is 0 Å². The third-order valence-corrected chi connectivity index (χ3v) is 4.71. The van der Waals surface area contributed by atoms with Crippen molar-refractivity contribution < 1.29 is 19.1 Å². The van der Waals surface area contributed by atoms with Crippen molar-refractivity contribution in [1.29, 1.82) is 0 Å². The number of amides is 2. The molecule has 0 spiro atoms. The largest absolute Gasteiger partial charge is 0.451 e. The number of rotatable bonds is 4. The maximum atomic E-state index is 12.3. The standard InChI is InChI=1S/C17H17N3O4S/c21-15(12-24-17(23)13-4-1-2-6-18-13)19-7-9-20(10-8-19)16(22)14-5-3-11-25-14/h1-6,11H,7-10,12H2. The van der Waals surface area contributed by atoms with Gasteiger partial charge in [-0.2, -0.15) is 0 Å². The summed E-state index contributed by atoms with van der Waals surface area (Å²) in [5, 5.41) is 1.86. The molecule has 3 rings (SSSR count). The summed E-state index contributed by atoms with van der Waals surface area (Å²) in [5.41, 5.74) is 0.168. The molecule has 2 aromatic heterocycles. The Balaban J connectivity index is 1.45. The normalized spacial score (nSPS) is 14.2. The van der Waals surface area contributed by atoms with Crippen LogP contribution in [0.5, 0.6) is 0 Å². The number of carbonyl (C=O) groups excluding carboxylic acids is 3. The monoisotopic (exact) mass is 359 g/mol. The molecule has 25 heavy (non-hydrogen) atoms. The topological polar surface area (TPSA) is 79.8 Å². The first kappa shape index (κ1) is 17.1. The first-order valence-electron chi connectivity index (χ1n) is 7.84. The highest BCUT2D eigenvalue weighted by molar-refractivity contribution is 7.12. The molecule has 2 amide bonds. The number of hydrogen-bond donors (Lipinski definition) is 0. The van der Waals surface area contributed by atoms with Crippen LogP contribution >= 0.6 is 11.3 Å². The van der Waals surface area contributed by atoms with Crippen LogP contribution < -0.4 is 0 Å². The molecule has 0 radical (unpaired) electrons. The van der Waals surface area contributed by atoms with Gasteiger partial charge in [0.05, 0.1) is 4.88 Å². The number of nitrogens with zero attached hydrogens (tertiary/aromatic N) is 3. The van der Waals surface area contributed by atoms with Crippen LogP contribution in [-0.4, -0.2) is 65.4 Å². The number of esters is 1. The Morgan fingerprint density at radius 1 is 1.04 bits per heavy atom. The van der Waals surface area contributed by atoms with Gasteiger partial charge in [0.25, 0.3) is 11.8 Å². The number of hydrogen-bond acceptors (Lipinski definition) is 6. The van der Waals surface area contributed by atoms with Crippen LogP contribution in [0.4, 0.5) is 0 Å². The van der Waals surface area contributed by atoms with Gasteiger partial charge in [-0.05, 0) is 23.6 Å². The van der Waals surface area contributed by atoms with Gasteiger partial charge in [0.15, 0.2) is 6.61 Å². The third kappa shape index (κ3) is 4.21. The van der Waals surface area contributed by atoms with Crippen molar-refractivity contribution in [1.82, 2.24) is 14.8 Å². The second-order valence-electron chi connectivity index (χ2n) is 5.44. The van der Waals surface area contributed by atoms with Gasteiger partial charge < -0.3 is 14.5 Å². The summed E-state index contributed by atoms with van der Waals surface area (Å²) in [4.78, 5) is 44.1. The molecule has 0 aliphatic carbocycles. The minimum absolute atomic E-state index is 0.0105. The molecule has 8 heteroatoms. The van der Waals surface area contributed by atoms with E-state index in [1.165, 1.54) is 23.6 Å². The van der Waals surface area contributed by atoms with Gasteiger partial charge in [0, 0.05) is 32.4 Å². The van der Waals surface area contributed by atoms with Crippen molar-refractivity contribution in [2.24, 2.45) is 0 Å². The lowest BCUT2D eigenvalue weighted by Gasteiger charge is -2.34. The Morgan fingerprint density at radius 2 is 1.80 bits per heavy atom. The van der Waals surface area contributed by atoms with Crippen molar-refractivity contribution in [3.8, 4) is 0 Å². The van der Waals surface area contributed by atoms with E-state index in [9.17, 15) is 14.4 Å². The zero-order valence-corrected chi connectivity index (χ0v) is 14.3. The molecule has 2 aromatic rings. The molecule has 1 aliphatic heterocycles. The molecule has 130 valence electrons. The Labute approximate surface area is 148 Å². The summed E-state index contributed by atoms with van der Waals surface area (Å²) in [6, 6.07) is 8.53. The average molecular weight is 359 g/mol. The SMILES string of the molecule is O=C(OCC(=O)N1CCN(C(=O)c2cccs2)CC1)c1ccccn1.